The number of hydrogen-bond acceptors (Lipinski definition) is 4. The minimum absolute atomic E-state index is 0.157. The van der Waals surface area contributed by atoms with Crippen LogP contribution in [0.1, 0.15) is 15.9 Å². The van der Waals surface area contributed by atoms with Gasteiger partial charge < -0.3 is 10.1 Å². The molecule has 154 valence electrons. The molecule has 0 saturated carbocycles. The summed E-state index contributed by atoms with van der Waals surface area (Å²) in [6, 6.07) is 10.1. The molecule has 0 aliphatic rings. The molecule has 0 aliphatic heterocycles. The quantitative estimate of drug-likeness (QED) is 0.614. The number of ether oxygens (including phenoxy) is 1. The average molecular weight is 430 g/mol. The van der Waals surface area contributed by atoms with Crippen LogP contribution < -0.4 is 20.9 Å². The molecule has 0 spiro atoms. The van der Waals surface area contributed by atoms with Crippen molar-refractivity contribution in [3.05, 3.63) is 64.7 Å². The SMILES string of the molecule is O=C(CNC(=O)c1cccc(Cl)c1)NNC(=O)COc1cccc(C(F)(F)F)c1. The van der Waals surface area contributed by atoms with Gasteiger partial charge in [0.25, 0.3) is 17.7 Å². The molecule has 2 rings (SSSR count). The van der Waals surface area contributed by atoms with Gasteiger partial charge in [0.1, 0.15) is 5.75 Å². The van der Waals surface area contributed by atoms with E-state index in [1.807, 2.05) is 10.9 Å². The molecule has 0 heterocycles. The number of carbonyl (C=O) groups is 3. The zero-order chi connectivity index (χ0) is 21.4. The predicted molar refractivity (Wildman–Crippen MR) is 97.0 cm³/mol. The van der Waals surface area contributed by atoms with E-state index in [4.69, 9.17) is 16.3 Å². The topological polar surface area (TPSA) is 96.5 Å². The monoisotopic (exact) mass is 429 g/mol. The summed E-state index contributed by atoms with van der Waals surface area (Å²) < 4.78 is 42.8. The highest BCUT2D eigenvalue weighted by Gasteiger charge is 2.30. The van der Waals surface area contributed by atoms with Crippen LogP contribution in [0.3, 0.4) is 0 Å². The minimum atomic E-state index is -4.54. The third-order valence-electron chi connectivity index (χ3n) is 3.37. The fourth-order valence-corrected chi connectivity index (χ4v) is 2.21. The Hall–Kier alpha value is -3.27. The summed E-state index contributed by atoms with van der Waals surface area (Å²) in [6.07, 6.45) is -4.54. The molecule has 2 aromatic carbocycles. The number of halogens is 4. The number of amides is 3. The smallest absolute Gasteiger partial charge is 0.416 e. The maximum absolute atomic E-state index is 12.6. The van der Waals surface area contributed by atoms with Gasteiger partial charge in [0, 0.05) is 10.6 Å². The third-order valence-corrected chi connectivity index (χ3v) is 3.60. The average Bonchev–Trinajstić information content (AvgIpc) is 2.68. The summed E-state index contributed by atoms with van der Waals surface area (Å²) in [5.74, 6) is -2.23. The normalized spacial score (nSPS) is 10.8. The van der Waals surface area contributed by atoms with E-state index in [2.05, 4.69) is 5.32 Å². The molecule has 2 aromatic rings. The number of alkyl halides is 3. The van der Waals surface area contributed by atoms with Crippen LogP contribution in [0.15, 0.2) is 48.5 Å². The van der Waals surface area contributed by atoms with Gasteiger partial charge >= 0.3 is 6.18 Å². The van der Waals surface area contributed by atoms with Crippen molar-refractivity contribution in [2.24, 2.45) is 0 Å². The highest BCUT2D eigenvalue weighted by atomic mass is 35.5. The van der Waals surface area contributed by atoms with Crippen LogP contribution in [-0.2, 0) is 15.8 Å². The first-order chi connectivity index (χ1) is 13.6. The molecule has 29 heavy (non-hydrogen) atoms. The lowest BCUT2D eigenvalue weighted by Crippen LogP contribution is -2.47. The van der Waals surface area contributed by atoms with Gasteiger partial charge in [0.05, 0.1) is 12.1 Å². The lowest BCUT2D eigenvalue weighted by Gasteiger charge is -2.11. The molecule has 0 atom stereocenters. The Kier molecular flexibility index (Phi) is 7.43. The fraction of sp³-hybridized carbons (Fsp3) is 0.167. The zero-order valence-electron chi connectivity index (χ0n) is 14.7. The van der Waals surface area contributed by atoms with Crippen molar-refractivity contribution in [1.82, 2.24) is 16.2 Å². The van der Waals surface area contributed by atoms with Crippen molar-refractivity contribution in [1.29, 1.82) is 0 Å². The van der Waals surface area contributed by atoms with Crippen LogP contribution in [0.5, 0.6) is 5.75 Å². The molecule has 3 N–H and O–H groups in total. The van der Waals surface area contributed by atoms with Crippen molar-refractivity contribution in [3.8, 4) is 5.75 Å². The first-order valence-electron chi connectivity index (χ1n) is 8.06. The number of benzene rings is 2. The predicted octanol–water partition coefficient (Wildman–Crippen LogP) is 2.31. The van der Waals surface area contributed by atoms with Gasteiger partial charge in [-0.15, -0.1) is 0 Å². The summed E-state index contributed by atoms with van der Waals surface area (Å²) in [4.78, 5) is 35.1. The molecular weight excluding hydrogens is 415 g/mol. The molecule has 0 aliphatic carbocycles. The van der Waals surface area contributed by atoms with E-state index in [9.17, 15) is 27.6 Å². The molecule has 11 heteroatoms. The van der Waals surface area contributed by atoms with Crippen molar-refractivity contribution >= 4 is 29.3 Å². The Morgan fingerprint density at radius 1 is 0.966 bits per heavy atom. The summed E-state index contributed by atoms with van der Waals surface area (Å²) in [5.41, 5.74) is 3.38. The molecule has 3 amide bonds. The number of rotatable bonds is 6. The number of hydrogen-bond donors (Lipinski definition) is 3. The molecule has 0 saturated heterocycles. The van der Waals surface area contributed by atoms with Crippen LogP contribution in [0.25, 0.3) is 0 Å². The Balaban J connectivity index is 1.72. The van der Waals surface area contributed by atoms with E-state index >= 15 is 0 Å². The lowest BCUT2D eigenvalue weighted by molar-refractivity contribution is -0.137. The second-order valence-corrected chi connectivity index (χ2v) is 6.04. The van der Waals surface area contributed by atoms with Gasteiger partial charge in [-0.3, -0.25) is 25.2 Å². The van der Waals surface area contributed by atoms with E-state index in [1.165, 1.54) is 18.2 Å². The second-order valence-electron chi connectivity index (χ2n) is 5.60. The molecule has 0 unspecified atom stereocenters. The Morgan fingerprint density at radius 3 is 2.34 bits per heavy atom. The van der Waals surface area contributed by atoms with E-state index in [1.54, 1.807) is 12.1 Å². The summed E-state index contributed by atoms with van der Waals surface area (Å²) in [5, 5.41) is 2.69. The maximum atomic E-state index is 12.6. The van der Waals surface area contributed by atoms with Gasteiger partial charge in [0.2, 0.25) is 0 Å². The van der Waals surface area contributed by atoms with E-state index in [-0.39, 0.29) is 11.3 Å². The van der Waals surface area contributed by atoms with Crippen LogP contribution in [-0.4, -0.2) is 30.9 Å². The Labute approximate surface area is 168 Å². The molecule has 0 aromatic heterocycles. The molecule has 0 radical (unpaired) electrons. The first kappa shape index (κ1) is 22.0. The molecule has 0 fully saturated rings. The first-order valence-corrected chi connectivity index (χ1v) is 8.44. The number of carbonyl (C=O) groups excluding carboxylic acids is 3. The van der Waals surface area contributed by atoms with Crippen LogP contribution in [0, 0.1) is 0 Å². The fourth-order valence-electron chi connectivity index (χ4n) is 2.02. The second kappa shape index (κ2) is 9.78. The van der Waals surface area contributed by atoms with Crippen LogP contribution in [0.4, 0.5) is 13.2 Å². The van der Waals surface area contributed by atoms with Gasteiger partial charge in [-0.25, -0.2) is 0 Å². The van der Waals surface area contributed by atoms with E-state index < -0.39 is 42.6 Å². The van der Waals surface area contributed by atoms with Gasteiger partial charge in [-0.1, -0.05) is 23.7 Å². The van der Waals surface area contributed by atoms with Crippen LogP contribution >= 0.6 is 11.6 Å². The highest BCUT2D eigenvalue weighted by molar-refractivity contribution is 6.30. The highest BCUT2D eigenvalue weighted by Crippen LogP contribution is 2.31. The molecule has 0 bridgehead atoms. The standard InChI is InChI=1S/C18H15ClF3N3O4/c19-13-5-1-3-11(7-13)17(28)23-9-15(26)24-25-16(27)10-29-14-6-2-4-12(8-14)18(20,21)22/h1-8H,9-10H2,(H,23,28)(H,24,26)(H,25,27). The Morgan fingerprint density at radius 2 is 1.66 bits per heavy atom. The molecular formula is C18H15ClF3N3O4. The van der Waals surface area contributed by atoms with Crippen molar-refractivity contribution in [2.75, 3.05) is 13.2 Å². The summed E-state index contributed by atoms with van der Waals surface area (Å²) in [6.45, 7) is -1.06. The van der Waals surface area contributed by atoms with Gasteiger partial charge in [0.15, 0.2) is 6.61 Å². The van der Waals surface area contributed by atoms with Crippen LogP contribution in [0.2, 0.25) is 5.02 Å². The maximum Gasteiger partial charge on any atom is 0.416 e. The lowest BCUT2D eigenvalue weighted by atomic mass is 10.2. The van der Waals surface area contributed by atoms with Crippen molar-refractivity contribution < 1.29 is 32.3 Å². The molecule has 7 nitrogen and oxygen atoms in total. The van der Waals surface area contributed by atoms with Crippen molar-refractivity contribution in [3.63, 3.8) is 0 Å². The largest absolute Gasteiger partial charge is 0.484 e. The third kappa shape index (κ3) is 7.34. The van der Waals surface area contributed by atoms with Gasteiger partial charge in [-0.05, 0) is 36.4 Å². The summed E-state index contributed by atoms with van der Waals surface area (Å²) in [7, 11) is 0. The minimum Gasteiger partial charge on any atom is -0.484 e. The summed E-state index contributed by atoms with van der Waals surface area (Å²) >= 11 is 5.77. The number of hydrazine groups is 1. The zero-order valence-corrected chi connectivity index (χ0v) is 15.4. The number of nitrogens with one attached hydrogen (secondary N) is 3. The van der Waals surface area contributed by atoms with E-state index in [0.717, 1.165) is 18.2 Å². The van der Waals surface area contributed by atoms with Crippen molar-refractivity contribution in [2.45, 2.75) is 6.18 Å². The van der Waals surface area contributed by atoms with Gasteiger partial charge in [-0.2, -0.15) is 13.2 Å². The van der Waals surface area contributed by atoms with E-state index in [0.29, 0.717) is 5.02 Å². The Bertz CT molecular complexity index is 906.